The minimum Gasteiger partial charge on any atom is -0.462 e. The Morgan fingerprint density at radius 1 is 1.40 bits per heavy atom. The van der Waals surface area contributed by atoms with Crippen molar-refractivity contribution >= 4 is 48.0 Å². The Morgan fingerprint density at radius 2 is 2.05 bits per heavy atom. The van der Waals surface area contributed by atoms with Gasteiger partial charge in [-0.25, -0.2) is 14.6 Å². The number of alkyl halides is 1. The summed E-state index contributed by atoms with van der Waals surface area (Å²) in [6.45, 7) is 12.4. The topological polar surface area (TPSA) is 182 Å². The number of ether oxygens (including phenoxy) is 2. The van der Waals surface area contributed by atoms with Gasteiger partial charge in [-0.1, -0.05) is 18.3 Å². The second-order valence-electron chi connectivity index (χ2n) is 10.4. The molecule has 40 heavy (non-hydrogen) atoms. The van der Waals surface area contributed by atoms with Crippen molar-refractivity contribution in [1.29, 1.82) is 0 Å². The number of nitrogens with one attached hydrogen (secondary N) is 1. The molecule has 0 saturated carbocycles. The second-order valence-corrected chi connectivity index (χ2v) is 14.1. The normalized spacial score (nSPS) is 27.4. The number of aliphatic hydroxyl groups excluding tert-OH is 2. The number of aliphatic imine (C=N–C) groups is 1. The lowest BCUT2D eigenvalue weighted by Gasteiger charge is -2.35. The van der Waals surface area contributed by atoms with Crippen LogP contribution in [0.2, 0.25) is 0 Å². The Hall–Kier alpha value is -1.48. The number of carbonyl (C=O) groups is 2. The van der Waals surface area contributed by atoms with Gasteiger partial charge >= 0.3 is 13.7 Å². The van der Waals surface area contributed by atoms with Gasteiger partial charge in [0, 0.05) is 12.0 Å². The molecular weight excluding hydrogens is 587 g/mol. The molecule has 1 saturated heterocycles. The van der Waals surface area contributed by atoms with Crippen molar-refractivity contribution in [2.45, 2.75) is 77.0 Å². The van der Waals surface area contributed by atoms with Crippen LogP contribution in [-0.4, -0.2) is 93.1 Å². The SMILES string of the molecule is C=C1N=C(N)C=CN1C1O[C@H](COP(=O)(N[C@H](C)C(=O)OC(C)C)OCCSC(=O)C(C)(C)CO)[C@@H](O)[C@@]1(C)Cl. The summed E-state index contributed by atoms with van der Waals surface area (Å²) in [5.74, 6) is -0.0998. The third kappa shape index (κ3) is 9.01. The van der Waals surface area contributed by atoms with Crippen LogP contribution in [0, 0.1) is 5.41 Å². The quantitative estimate of drug-likeness (QED) is 0.0952. The highest BCUT2D eigenvalue weighted by Gasteiger charge is 2.55. The molecule has 2 aliphatic rings. The summed E-state index contributed by atoms with van der Waals surface area (Å²) < 4.78 is 35.9. The molecule has 16 heteroatoms. The van der Waals surface area contributed by atoms with Gasteiger partial charge in [-0.2, -0.15) is 0 Å². The van der Waals surface area contributed by atoms with Crippen LogP contribution in [0.1, 0.15) is 41.5 Å². The molecule has 228 valence electrons. The van der Waals surface area contributed by atoms with Crippen LogP contribution in [0.5, 0.6) is 0 Å². The number of halogens is 1. The van der Waals surface area contributed by atoms with E-state index < -0.39 is 61.2 Å². The summed E-state index contributed by atoms with van der Waals surface area (Å²) in [4.78, 5) is 28.9. The number of amidine groups is 1. The van der Waals surface area contributed by atoms with E-state index in [1.807, 2.05) is 0 Å². The molecular formula is C24H40ClN4O9PS. The van der Waals surface area contributed by atoms with Gasteiger partial charge in [0.15, 0.2) is 11.3 Å². The van der Waals surface area contributed by atoms with Crippen LogP contribution in [-0.2, 0) is 32.7 Å². The van der Waals surface area contributed by atoms with Gasteiger partial charge in [-0.05, 0) is 47.6 Å². The fourth-order valence-electron chi connectivity index (χ4n) is 3.51. The van der Waals surface area contributed by atoms with Crippen molar-refractivity contribution in [3.63, 3.8) is 0 Å². The Balaban J connectivity index is 2.12. The number of rotatable bonds is 14. The molecule has 0 aromatic carbocycles. The number of nitrogens with zero attached hydrogens (tertiary/aromatic N) is 2. The number of hydrogen-bond donors (Lipinski definition) is 4. The van der Waals surface area contributed by atoms with Gasteiger partial charge in [0.05, 0.1) is 31.3 Å². The Labute approximate surface area is 244 Å². The van der Waals surface area contributed by atoms with Crippen LogP contribution >= 0.6 is 31.1 Å². The maximum absolute atomic E-state index is 13.7. The van der Waals surface area contributed by atoms with Gasteiger partial charge in [0.2, 0.25) is 0 Å². The predicted molar refractivity (Wildman–Crippen MR) is 152 cm³/mol. The number of hydrogen-bond acceptors (Lipinski definition) is 13. The third-order valence-electron chi connectivity index (χ3n) is 5.92. The van der Waals surface area contributed by atoms with Crippen LogP contribution in [0.4, 0.5) is 0 Å². The molecule has 0 aromatic rings. The van der Waals surface area contributed by atoms with Gasteiger partial charge in [-0.3, -0.25) is 18.6 Å². The number of aliphatic hydroxyl groups is 2. The van der Waals surface area contributed by atoms with Crippen molar-refractivity contribution in [2.75, 3.05) is 25.6 Å². The second kappa shape index (κ2) is 14.1. The first-order valence-electron chi connectivity index (χ1n) is 12.6. The molecule has 6 atom stereocenters. The molecule has 0 amide bonds. The van der Waals surface area contributed by atoms with E-state index >= 15 is 0 Å². The van der Waals surface area contributed by atoms with Crippen molar-refractivity contribution in [2.24, 2.45) is 16.1 Å². The zero-order valence-electron chi connectivity index (χ0n) is 23.5. The fraction of sp³-hybridized carbons (Fsp3) is 0.708. The lowest BCUT2D eigenvalue weighted by molar-refractivity contribution is -0.149. The lowest BCUT2D eigenvalue weighted by Crippen LogP contribution is -2.47. The van der Waals surface area contributed by atoms with E-state index in [0.717, 1.165) is 11.8 Å². The summed E-state index contributed by atoms with van der Waals surface area (Å²) in [5.41, 5.74) is 4.75. The zero-order chi connectivity index (χ0) is 30.5. The Bertz CT molecular complexity index is 1060. The summed E-state index contributed by atoms with van der Waals surface area (Å²) >= 11 is 7.56. The van der Waals surface area contributed by atoms with E-state index in [1.54, 1.807) is 40.8 Å². The molecule has 2 unspecified atom stereocenters. The summed E-state index contributed by atoms with van der Waals surface area (Å²) in [5, 5.41) is 22.6. The average molecular weight is 627 g/mol. The van der Waals surface area contributed by atoms with E-state index in [4.69, 9.17) is 35.9 Å². The van der Waals surface area contributed by atoms with E-state index in [-0.39, 0.29) is 35.7 Å². The van der Waals surface area contributed by atoms with Gasteiger partial charge in [0.25, 0.3) is 0 Å². The summed E-state index contributed by atoms with van der Waals surface area (Å²) in [6.07, 6.45) is -0.586. The maximum Gasteiger partial charge on any atom is 0.406 e. The highest BCUT2D eigenvalue weighted by atomic mass is 35.5. The molecule has 0 spiro atoms. The minimum absolute atomic E-state index is 0.0968. The van der Waals surface area contributed by atoms with Crippen molar-refractivity contribution < 1.29 is 42.9 Å². The first-order chi connectivity index (χ1) is 18.4. The zero-order valence-corrected chi connectivity index (χ0v) is 26.0. The van der Waals surface area contributed by atoms with Crippen LogP contribution < -0.4 is 10.8 Å². The molecule has 0 radical (unpaired) electrons. The largest absolute Gasteiger partial charge is 0.462 e. The number of esters is 1. The Kier molecular flexibility index (Phi) is 12.3. The highest BCUT2D eigenvalue weighted by Crippen LogP contribution is 2.47. The monoisotopic (exact) mass is 626 g/mol. The standard InChI is InChI=1S/C24H40ClN4O9PS/c1-14(2)37-20(32)15(3)28-39(34,35-10-11-40-22(33)23(5,6)13-30)36-12-17-19(31)24(7,25)21(38-17)29-9-8-18(26)27-16(29)4/h8-9,14-15,17,19,21,30-31H,4,10-13H2,1-3,5-7H3,(H2,26,27)(H,28,34)/t15-,17-,19-,21?,24-,39?/m1/s1. The van der Waals surface area contributed by atoms with Crippen LogP contribution in [0.3, 0.4) is 0 Å². The molecule has 2 rings (SSSR count). The van der Waals surface area contributed by atoms with E-state index in [9.17, 15) is 24.4 Å². The first kappa shape index (κ1) is 34.7. The fourth-order valence-corrected chi connectivity index (χ4v) is 6.22. The Morgan fingerprint density at radius 3 is 2.62 bits per heavy atom. The van der Waals surface area contributed by atoms with Gasteiger partial charge in [-0.15, -0.1) is 11.6 Å². The molecule has 13 nitrogen and oxygen atoms in total. The van der Waals surface area contributed by atoms with E-state index in [0.29, 0.717) is 0 Å². The summed E-state index contributed by atoms with van der Waals surface area (Å²) in [6, 6.07) is -1.08. The van der Waals surface area contributed by atoms with E-state index in [1.165, 1.54) is 17.9 Å². The maximum atomic E-state index is 13.7. The number of thioether (sulfide) groups is 1. The smallest absolute Gasteiger partial charge is 0.406 e. The molecule has 0 aromatic heterocycles. The molecule has 5 N–H and O–H groups in total. The summed E-state index contributed by atoms with van der Waals surface area (Å²) in [7, 11) is -4.22. The molecule has 0 aliphatic carbocycles. The number of carbonyl (C=O) groups excluding carboxylic acids is 2. The predicted octanol–water partition coefficient (Wildman–Crippen LogP) is 2.08. The third-order valence-corrected chi connectivity index (χ3v) is 9.23. The first-order valence-corrected chi connectivity index (χ1v) is 15.5. The van der Waals surface area contributed by atoms with Crippen LogP contribution in [0.25, 0.3) is 0 Å². The van der Waals surface area contributed by atoms with Crippen molar-refractivity contribution in [3.05, 3.63) is 24.7 Å². The molecule has 0 bridgehead atoms. The molecule has 2 aliphatic heterocycles. The molecule has 2 heterocycles. The number of nitrogens with two attached hydrogens (primary N) is 1. The minimum atomic E-state index is -4.22. The van der Waals surface area contributed by atoms with Gasteiger partial charge in [0.1, 0.15) is 34.8 Å². The van der Waals surface area contributed by atoms with Gasteiger partial charge < -0.3 is 30.3 Å². The van der Waals surface area contributed by atoms with E-state index in [2.05, 4.69) is 16.7 Å². The van der Waals surface area contributed by atoms with Crippen molar-refractivity contribution in [1.82, 2.24) is 9.99 Å². The highest BCUT2D eigenvalue weighted by molar-refractivity contribution is 8.13. The molecule has 1 fully saturated rings. The van der Waals surface area contributed by atoms with Crippen molar-refractivity contribution in [3.8, 4) is 0 Å². The average Bonchev–Trinajstić information content (AvgIpc) is 3.08. The van der Waals surface area contributed by atoms with Crippen LogP contribution in [0.15, 0.2) is 29.7 Å². The lowest BCUT2D eigenvalue weighted by atomic mass is 9.97.